The Bertz CT molecular complexity index is 593. The van der Waals surface area contributed by atoms with Gasteiger partial charge in [0.05, 0.1) is 16.8 Å². The molecule has 2 aromatic rings. The lowest BCUT2D eigenvalue weighted by molar-refractivity contribution is 0.0695. The van der Waals surface area contributed by atoms with Crippen LogP contribution in [0, 0.1) is 13.8 Å². The highest BCUT2D eigenvalue weighted by atomic mass is 79.9. The number of carboxylic acid groups (broad SMARTS) is 1. The highest BCUT2D eigenvalue weighted by molar-refractivity contribution is 9.10. The molecular formula is C12H10BrNO2. The van der Waals surface area contributed by atoms with E-state index >= 15 is 0 Å². The van der Waals surface area contributed by atoms with Gasteiger partial charge in [-0.2, -0.15) is 0 Å². The highest BCUT2D eigenvalue weighted by Gasteiger charge is 2.14. The zero-order valence-corrected chi connectivity index (χ0v) is 10.5. The SMILES string of the molecule is Cc1nc2cc(Br)ccc2c(C)c1C(=O)O. The van der Waals surface area contributed by atoms with E-state index in [9.17, 15) is 4.79 Å². The fraction of sp³-hybridized carbons (Fsp3) is 0.167. The summed E-state index contributed by atoms with van der Waals surface area (Å²) in [5, 5.41) is 9.99. The smallest absolute Gasteiger partial charge is 0.337 e. The highest BCUT2D eigenvalue weighted by Crippen LogP contribution is 2.25. The van der Waals surface area contributed by atoms with E-state index in [4.69, 9.17) is 5.11 Å². The standard InChI is InChI=1S/C12H10BrNO2/c1-6-9-4-3-8(13)5-10(9)14-7(2)11(6)12(15)16/h3-5H,1-2H3,(H,15,16). The van der Waals surface area contributed by atoms with Crippen molar-refractivity contribution in [2.75, 3.05) is 0 Å². The van der Waals surface area contributed by atoms with Gasteiger partial charge in [-0.3, -0.25) is 4.98 Å². The fourth-order valence-corrected chi connectivity index (χ4v) is 2.22. The van der Waals surface area contributed by atoms with E-state index in [1.165, 1.54) is 0 Å². The molecule has 0 atom stereocenters. The van der Waals surface area contributed by atoms with E-state index in [0.717, 1.165) is 20.9 Å². The van der Waals surface area contributed by atoms with Gasteiger partial charge in [-0.05, 0) is 31.5 Å². The van der Waals surface area contributed by atoms with Crippen molar-refractivity contribution >= 4 is 32.8 Å². The van der Waals surface area contributed by atoms with Gasteiger partial charge in [-0.25, -0.2) is 4.79 Å². The quantitative estimate of drug-likeness (QED) is 0.871. The summed E-state index contributed by atoms with van der Waals surface area (Å²) < 4.78 is 0.939. The normalized spacial score (nSPS) is 10.7. The Balaban J connectivity index is 2.89. The molecule has 0 fully saturated rings. The predicted molar refractivity (Wildman–Crippen MR) is 65.9 cm³/mol. The maximum Gasteiger partial charge on any atom is 0.337 e. The molecule has 0 amide bonds. The third kappa shape index (κ3) is 1.69. The van der Waals surface area contributed by atoms with E-state index in [-0.39, 0.29) is 0 Å². The van der Waals surface area contributed by atoms with Crippen molar-refractivity contribution < 1.29 is 9.90 Å². The molecule has 0 aliphatic carbocycles. The Morgan fingerprint density at radius 1 is 1.38 bits per heavy atom. The molecule has 0 radical (unpaired) electrons. The number of halogens is 1. The van der Waals surface area contributed by atoms with Gasteiger partial charge in [0.2, 0.25) is 0 Å². The van der Waals surface area contributed by atoms with Crippen LogP contribution in [-0.2, 0) is 0 Å². The number of nitrogens with zero attached hydrogens (tertiary/aromatic N) is 1. The molecule has 1 aromatic carbocycles. The maximum atomic E-state index is 11.1. The lowest BCUT2D eigenvalue weighted by atomic mass is 10.0. The van der Waals surface area contributed by atoms with E-state index in [1.54, 1.807) is 6.92 Å². The molecule has 1 N–H and O–H groups in total. The average molecular weight is 280 g/mol. The minimum Gasteiger partial charge on any atom is -0.478 e. The van der Waals surface area contributed by atoms with Crippen molar-refractivity contribution in [1.82, 2.24) is 4.98 Å². The van der Waals surface area contributed by atoms with Gasteiger partial charge < -0.3 is 5.11 Å². The predicted octanol–water partition coefficient (Wildman–Crippen LogP) is 3.31. The number of benzene rings is 1. The summed E-state index contributed by atoms with van der Waals surface area (Å²) in [6.45, 7) is 3.53. The number of aryl methyl sites for hydroxylation is 2. The van der Waals surface area contributed by atoms with Gasteiger partial charge >= 0.3 is 5.97 Å². The Hall–Kier alpha value is -1.42. The topological polar surface area (TPSA) is 50.2 Å². The molecule has 1 heterocycles. The number of fused-ring (bicyclic) bond motifs is 1. The Morgan fingerprint density at radius 2 is 2.06 bits per heavy atom. The molecule has 0 saturated heterocycles. The molecule has 4 heteroatoms. The van der Waals surface area contributed by atoms with Gasteiger partial charge in [-0.15, -0.1) is 0 Å². The van der Waals surface area contributed by atoms with Gasteiger partial charge in [0.25, 0.3) is 0 Å². The third-order valence-electron chi connectivity index (χ3n) is 2.60. The summed E-state index contributed by atoms with van der Waals surface area (Å²) in [5.41, 5.74) is 2.43. The number of rotatable bonds is 1. The van der Waals surface area contributed by atoms with E-state index in [2.05, 4.69) is 20.9 Å². The van der Waals surface area contributed by atoms with Crippen LogP contribution in [0.25, 0.3) is 10.9 Å². The van der Waals surface area contributed by atoms with Crippen LogP contribution in [0.2, 0.25) is 0 Å². The molecule has 3 nitrogen and oxygen atoms in total. The minimum absolute atomic E-state index is 0.301. The van der Waals surface area contributed by atoms with E-state index in [1.807, 2.05) is 25.1 Å². The van der Waals surface area contributed by atoms with Crippen molar-refractivity contribution in [3.8, 4) is 0 Å². The van der Waals surface area contributed by atoms with Crippen LogP contribution in [-0.4, -0.2) is 16.1 Å². The van der Waals surface area contributed by atoms with Crippen molar-refractivity contribution in [3.05, 3.63) is 39.5 Å². The third-order valence-corrected chi connectivity index (χ3v) is 3.10. The largest absolute Gasteiger partial charge is 0.478 e. The summed E-state index contributed by atoms with van der Waals surface area (Å²) >= 11 is 3.37. The number of hydrogen-bond donors (Lipinski definition) is 1. The molecule has 0 unspecified atom stereocenters. The molecular weight excluding hydrogens is 270 g/mol. The number of hydrogen-bond acceptors (Lipinski definition) is 2. The van der Waals surface area contributed by atoms with Crippen molar-refractivity contribution in [2.45, 2.75) is 13.8 Å². The molecule has 16 heavy (non-hydrogen) atoms. The number of pyridine rings is 1. The van der Waals surface area contributed by atoms with E-state index < -0.39 is 5.97 Å². The summed E-state index contributed by atoms with van der Waals surface area (Å²) in [6, 6.07) is 5.66. The fourth-order valence-electron chi connectivity index (χ4n) is 1.87. The monoisotopic (exact) mass is 279 g/mol. The second kappa shape index (κ2) is 3.87. The average Bonchev–Trinajstić information content (AvgIpc) is 2.15. The summed E-state index contributed by atoms with van der Waals surface area (Å²) in [6.07, 6.45) is 0. The van der Waals surface area contributed by atoms with Crippen molar-refractivity contribution in [3.63, 3.8) is 0 Å². The molecule has 0 aliphatic heterocycles. The Kier molecular flexibility index (Phi) is 2.68. The number of aromatic nitrogens is 1. The Morgan fingerprint density at radius 3 is 2.69 bits per heavy atom. The number of aromatic carboxylic acids is 1. The van der Waals surface area contributed by atoms with Crippen LogP contribution in [0.1, 0.15) is 21.6 Å². The molecule has 82 valence electrons. The molecule has 0 saturated carbocycles. The number of carbonyl (C=O) groups is 1. The minimum atomic E-state index is -0.924. The van der Waals surface area contributed by atoms with Crippen LogP contribution in [0.15, 0.2) is 22.7 Å². The zero-order valence-electron chi connectivity index (χ0n) is 8.91. The Labute approximate surface area is 101 Å². The van der Waals surface area contributed by atoms with Crippen LogP contribution >= 0.6 is 15.9 Å². The van der Waals surface area contributed by atoms with Crippen LogP contribution < -0.4 is 0 Å². The number of carboxylic acids is 1. The van der Waals surface area contributed by atoms with Crippen molar-refractivity contribution in [2.24, 2.45) is 0 Å². The second-order valence-electron chi connectivity index (χ2n) is 3.66. The van der Waals surface area contributed by atoms with Crippen LogP contribution in [0.4, 0.5) is 0 Å². The molecule has 0 bridgehead atoms. The second-order valence-corrected chi connectivity index (χ2v) is 4.58. The summed E-state index contributed by atoms with van der Waals surface area (Å²) in [4.78, 5) is 15.4. The summed E-state index contributed by atoms with van der Waals surface area (Å²) in [7, 11) is 0. The first-order chi connectivity index (χ1) is 7.50. The van der Waals surface area contributed by atoms with Crippen LogP contribution in [0.5, 0.6) is 0 Å². The summed E-state index contributed by atoms with van der Waals surface area (Å²) in [5.74, 6) is -0.924. The van der Waals surface area contributed by atoms with Crippen molar-refractivity contribution in [1.29, 1.82) is 0 Å². The van der Waals surface area contributed by atoms with E-state index in [0.29, 0.717) is 11.3 Å². The molecule has 0 spiro atoms. The molecule has 2 rings (SSSR count). The van der Waals surface area contributed by atoms with Crippen LogP contribution in [0.3, 0.4) is 0 Å². The van der Waals surface area contributed by atoms with Gasteiger partial charge in [-0.1, -0.05) is 22.0 Å². The van der Waals surface area contributed by atoms with Gasteiger partial charge in [0.15, 0.2) is 0 Å². The zero-order chi connectivity index (χ0) is 11.9. The van der Waals surface area contributed by atoms with Gasteiger partial charge in [0.1, 0.15) is 0 Å². The van der Waals surface area contributed by atoms with Gasteiger partial charge in [0, 0.05) is 9.86 Å². The first kappa shape index (κ1) is 11.1. The maximum absolute atomic E-state index is 11.1. The first-order valence-corrected chi connectivity index (χ1v) is 5.59. The lowest BCUT2D eigenvalue weighted by Crippen LogP contribution is -2.05. The lowest BCUT2D eigenvalue weighted by Gasteiger charge is -2.08. The molecule has 0 aliphatic rings. The molecule has 1 aromatic heterocycles. The first-order valence-electron chi connectivity index (χ1n) is 4.80.